The van der Waals surface area contributed by atoms with E-state index in [1.807, 2.05) is 0 Å². The van der Waals surface area contributed by atoms with E-state index in [2.05, 4.69) is 0 Å². The number of carbonyl (C=O) groups is 4. The van der Waals surface area contributed by atoms with E-state index in [1.54, 1.807) is 13.8 Å². The van der Waals surface area contributed by atoms with E-state index in [9.17, 15) is 19.2 Å². The van der Waals surface area contributed by atoms with Crippen molar-refractivity contribution in [2.75, 3.05) is 0 Å². The van der Waals surface area contributed by atoms with Gasteiger partial charge in [-0.15, -0.1) is 0 Å². The van der Waals surface area contributed by atoms with Crippen molar-refractivity contribution in [3.05, 3.63) is 0 Å². The molecule has 1 atom stereocenters. The predicted octanol–water partition coefficient (Wildman–Crippen LogP) is -0.441. The first-order valence-electron chi connectivity index (χ1n) is 5.06. The van der Waals surface area contributed by atoms with Crippen molar-refractivity contribution in [3.63, 3.8) is 0 Å². The Morgan fingerprint density at radius 1 is 1.06 bits per heavy atom. The molecule has 18 heavy (non-hydrogen) atoms. The number of carbonyl (C=O) groups excluding carboxylic acids is 1. The highest BCUT2D eigenvalue weighted by Gasteiger charge is 2.14. The quantitative estimate of drug-likeness (QED) is 0.470. The average Bonchev–Trinajstić information content (AvgIpc) is 2.24. The Labute approximate surface area is 103 Å². The highest BCUT2D eigenvalue weighted by molar-refractivity contribution is 6.33. The zero-order valence-corrected chi connectivity index (χ0v) is 10.1. The molecule has 104 valence electrons. The molecule has 0 rings (SSSR count). The molecule has 0 aliphatic heterocycles. The van der Waals surface area contributed by atoms with Crippen LogP contribution in [0.15, 0.2) is 0 Å². The second-order valence-corrected chi connectivity index (χ2v) is 3.70. The van der Waals surface area contributed by atoms with Crippen molar-refractivity contribution in [2.45, 2.75) is 32.7 Å². The lowest BCUT2D eigenvalue weighted by Crippen LogP contribution is -2.30. The molecule has 0 aromatic heterocycles. The minimum absolute atomic E-state index is 0.0231. The fraction of sp³-hybridized carbons (Fsp3) is 0.600. The summed E-state index contributed by atoms with van der Waals surface area (Å²) in [4.78, 5) is 39.9. The predicted molar refractivity (Wildman–Crippen MR) is 60.0 cm³/mol. The van der Waals surface area contributed by atoms with Gasteiger partial charge in [0.25, 0.3) is 0 Å². The molecular formula is C10H17NO7. The van der Waals surface area contributed by atoms with Crippen molar-refractivity contribution in [1.82, 2.24) is 0 Å². The molecule has 1 unspecified atom stereocenters. The van der Waals surface area contributed by atoms with Crippen LogP contribution in [0.1, 0.15) is 26.7 Å². The molecule has 0 aromatic carbocycles. The number of hydrogen-bond donors (Lipinski definition) is 4. The third-order valence-electron chi connectivity index (χ3n) is 1.72. The molecule has 0 fully saturated rings. The van der Waals surface area contributed by atoms with Crippen LogP contribution in [0.25, 0.3) is 0 Å². The number of hydrogen-bond acceptors (Lipinski definition) is 5. The van der Waals surface area contributed by atoms with Crippen LogP contribution in [-0.2, 0) is 19.2 Å². The highest BCUT2D eigenvalue weighted by atomic mass is 16.4. The van der Waals surface area contributed by atoms with Gasteiger partial charge in [0.2, 0.25) is 5.78 Å². The van der Waals surface area contributed by atoms with Gasteiger partial charge in [-0.3, -0.25) is 14.4 Å². The van der Waals surface area contributed by atoms with Gasteiger partial charge in [0.15, 0.2) is 0 Å². The molecule has 0 saturated heterocycles. The van der Waals surface area contributed by atoms with Crippen LogP contribution >= 0.6 is 0 Å². The largest absolute Gasteiger partial charge is 0.481 e. The number of aliphatic carboxylic acids is 3. The molecule has 0 heterocycles. The van der Waals surface area contributed by atoms with E-state index in [1.165, 1.54) is 0 Å². The Morgan fingerprint density at radius 2 is 1.50 bits per heavy atom. The van der Waals surface area contributed by atoms with Gasteiger partial charge in [-0.2, -0.15) is 0 Å². The van der Waals surface area contributed by atoms with Crippen LogP contribution < -0.4 is 5.73 Å². The van der Waals surface area contributed by atoms with Crippen molar-refractivity contribution in [3.8, 4) is 0 Å². The van der Waals surface area contributed by atoms with Gasteiger partial charge in [-0.05, 0) is 6.42 Å². The summed E-state index contributed by atoms with van der Waals surface area (Å²) in [6.07, 6.45) is -0.224. The lowest BCUT2D eigenvalue weighted by atomic mass is 10.1. The lowest BCUT2D eigenvalue weighted by molar-refractivity contribution is -0.150. The molecule has 0 bridgehead atoms. The van der Waals surface area contributed by atoms with Crippen LogP contribution in [0, 0.1) is 5.92 Å². The summed E-state index contributed by atoms with van der Waals surface area (Å²) in [6, 6.07) is -1.06. The second kappa shape index (κ2) is 9.11. The molecule has 0 aliphatic rings. The third-order valence-corrected chi connectivity index (χ3v) is 1.72. The van der Waals surface area contributed by atoms with Gasteiger partial charge in [-0.1, -0.05) is 13.8 Å². The Kier molecular flexibility index (Phi) is 9.32. The summed E-state index contributed by atoms with van der Waals surface area (Å²) in [5.74, 6) is -4.67. The molecule has 0 aromatic rings. The number of carboxylic acid groups (broad SMARTS) is 3. The molecule has 0 aliphatic carbocycles. The molecule has 0 spiro atoms. The Bertz CT molecular complexity index is 324. The Balaban J connectivity index is 0. The maximum atomic E-state index is 10.2. The summed E-state index contributed by atoms with van der Waals surface area (Å²) in [5, 5.41) is 24.3. The average molecular weight is 263 g/mol. The van der Waals surface area contributed by atoms with Crippen LogP contribution in [0.2, 0.25) is 0 Å². The summed E-state index contributed by atoms with van der Waals surface area (Å²) in [7, 11) is 0. The molecule has 8 nitrogen and oxygen atoms in total. The molecule has 0 saturated carbocycles. The fourth-order valence-electron chi connectivity index (χ4n) is 0.649. The first kappa shape index (κ1) is 18.4. The topological polar surface area (TPSA) is 155 Å². The van der Waals surface area contributed by atoms with E-state index >= 15 is 0 Å². The summed E-state index contributed by atoms with van der Waals surface area (Å²) in [5.41, 5.74) is 5.00. The standard InChI is InChI=1S/C5H9NO4.C5H8O3/c6-3(5(9)10)1-2-4(7)8;1-3(2)4(6)5(7)8/h3H,1-2,6H2,(H,7,8)(H,9,10);3H,1-2H3,(H,7,8). The van der Waals surface area contributed by atoms with Gasteiger partial charge >= 0.3 is 17.9 Å². The third kappa shape index (κ3) is 10.6. The zero-order valence-electron chi connectivity index (χ0n) is 10.1. The van der Waals surface area contributed by atoms with Gasteiger partial charge in [0, 0.05) is 12.3 Å². The van der Waals surface area contributed by atoms with E-state index in [-0.39, 0.29) is 12.8 Å². The smallest absolute Gasteiger partial charge is 0.372 e. The van der Waals surface area contributed by atoms with E-state index in [0.717, 1.165) is 0 Å². The number of ketones is 1. The van der Waals surface area contributed by atoms with Gasteiger partial charge in [0.05, 0.1) is 0 Å². The van der Waals surface area contributed by atoms with E-state index < -0.39 is 35.7 Å². The first-order chi connectivity index (χ1) is 8.09. The van der Waals surface area contributed by atoms with Crippen LogP contribution in [-0.4, -0.2) is 45.1 Å². The molecule has 8 heteroatoms. The molecule has 5 N–H and O–H groups in total. The summed E-state index contributed by atoms with van der Waals surface area (Å²) < 4.78 is 0. The SMILES string of the molecule is CC(C)C(=O)C(=O)O.NC(CCC(=O)O)C(=O)O. The maximum Gasteiger partial charge on any atom is 0.372 e. The number of nitrogens with two attached hydrogens (primary N) is 1. The number of rotatable bonds is 6. The maximum absolute atomic E-state index is 10.2. The summed E-state index contributed by atoms with van der Waals surface area (Å²) in [6.45, 7) is 3.10. The monoisotopic (exact) mass is 263 g/mol. The van der Waals surface area contributed by atoms with Gasteiger partial charge < -0.3 is 21.1 Å². The van der Waals surface area contributed by atoms with Crippen molar-refractivity contribution in [2.24, 2.45) is 11.7 Å². The van der Waals surface area contributed by atoms with Crippen LogP contribution in [0.3, 0.4) is 0 Å². The van der Waals surface area contributed by atoms with Crippen molar-refractivity contribution < 1.29 is 34.5 Å². The second-order valence-electron chi connectivity index (χ2n) is 3.70. The van der Waals surface area contributed by atoms with Crippen molar-refractivity contribution in [1.29, 1.82) is 0 Å². The van der Waals surface area contributed by atoms with Crippen LogP contribution in [0.5, 0.6) is 0 Å². The van der Waals surface area contributed by atoms with Gasteiger partial charge in [-0.25, -0.2) is 4.79 Å². The lowest BCUT2D eigenvalue weighted by Gasteiger charge is -2.01. The zero-order chi connectivity index (χ0) is 14.9. The molecule has 0 radical (unpaired) electrons. The fourth-order valence-corrected chi connectivity index (χ4v) is 0.649. The van der Waals surface area contributed by atoms with E-state index in [4.69, 9.17) is 21.1 Å². The number of carboxylic acids is 3. The summed E-state index contributed by atoms with van der Waals surface area (Å²) >= 11 is 0. The first-order valence-corrected chi connectivity index (χ1v) is 5.06. The highest BCUT2D eigenvalue weighted by Crippen LogP contribution is 1.93. The normalized spacial score (nSPS) is 11.1. The minimum Gasteiger partial charge on any atom is -0.481 e. The minimum atomic E-state index is -1.35. The van der Waals surface area contributed by atoms with Gasteiger partial charge in [0.1, 0.15) is 6.04 Å². The molecule has 0 amide bonds. The molecular weight excluding hydrogens is 246 g/mol. The van der Waals surface area contributed by atoms with Crippen LogP contribution in [0.4, 0.5) is 0 Å². The van der Waals surface area contributed by atoms with Crippen molar-refractivity contribution >= 4 is 23.7 Å². The van der Waals surface area contributed by atoms with E-state index in [0.29, 0.717) is 0 Å². The number of Topliss-reactive ketones (excluding diaryl/α,β-unsaturated/α-hetero) is 1. The Hall–Kier alpha value is -1.96. The Morgan fingerprint density at radius 3 is 1.67 bits per heavy atom.